The van der Waals surface area contributed by atoms with E-state index in [2.05, 4.69) is 18.8 Å². The van der Waals surface area contributed by atoms with E-state index >= 15 is 0 Å². The van der Waals surface area contributed by atoms with Crippen LogP contribution < -0.4 is 5.32 Å². The lowest BCUT2D eigenvalue weighted by Crippen LogP contribution is -2.41. The molecule has 0 saturated carbocycles. The molecule has 4 heteroatoms. The van der Waals surface area contributed by atoms with E-state index in [-0.39, 0.29) is 11.9 Å². The molecule has 0 aliphatic rings. The SMILES string of the molecule is C=CCC[C@@H](C)CCC(NC(C)=O)C(=O)OCC. The largest absolute Gasteiger partial charge is 0.464 e. The summed E-state index contributed by atoms with van der Waals surface area (Å²) >= 11 is 0. The number of carbonyl (C=O) groups is 2. The van der Waals surface area contributed by atoms with Crippen LogP contribution in [0.5, 0.6) is 0 Å². The molecule has 4 nitrogen and oxygen atoms in total. The van der Waals surface area contributed by atoms with Gasteiger partial charge in [0.15, 0.2) is 0 Å². The fourth-order valence-corrected chi connectivity index (χ4v) is 1.74. The zero-order chi connectivity index (χ0) is 14.0. The van der Waals surface area contributed by atoms with Crippen molar-refractivity contribution in [1.29, 1.82) is 0 Å². The van der Waals surface area contributed by atoms with Crippen LogP contribution in [0.4, 0.5) is 0 Å². The molecule has 0 aromatic carbocycles. The second-order valence-corrected chi connectivity index (χ2v) is 4.55. The van der Waals surface area contributed by atoms with Gasteiger partial charge in [0.05, 0.1) is 6.61 Å². The molecule has 0 rings (SSSR count). The second-order valence-electron chi connectivity index (χ2n) is 4.55. The van der Waals surface area contributed by atoms with Crippen LogP contribution >= 0.6 is 0 Å². The van der Waals surface area contributed by atoms with Crippen LogP contribution in [0.1, 0.15) is 46.5 Å². The van der Waals surface area contributed by atoms with E-state index in [1.54, 1.807) is 6.92 Å². The highest BCUT2D eigenvalue weighted by atomic mass is 16.5. The average molecular weight is 255 g/mol. The molecule has 1 amide bonds. The number of hydrogen-bond acceptors (Lipinski definition) is 3. The molecule has 0 aliphatic heterocycles. The number of carbonyl (C=O) groups excluding carboxylic acids is 2. The summed E-state index contributed by atoms with van der Waals surface area (Å²) in [7, 11) is 0. The molecule has 0 fully saturated rings. The number of allylic oxidation sites excluding steroid dienone is 1. The minimum Gasteiger partial charge on any atom is -0.464 e. The van der Waals surface area contributed by atoms with Crippen molar-refractivity contribution < 1.29 is 14.3 Å². The molecule has 1 unspecified atom stereocenters. The van der Waals surface area contributed by atoms with Crippen molar-refractivity contribution in [2.75, 3.05) is 6.61 Å². The van der Waals surface area contributed by atoms with E-state index in [9.17, 15) is 9.59 Å². The van der Waals surface area contributed by atoms with Crippen LogP contribution in [0.2, 0.25) is 0 Å². The molecular weight excluding hydrogens is 230 g/mol. The van der Waals surface area contributed by atoms with Gasteiger partial charge < -0.3 is 10.1 Å². The first-order valence-corrected chi connectivity index (χ1v) is 6.55. The predicted molar refractivity (Wildman–Crippen MR) is 72.1 cm³/mol. The number of ether oxygens (including phenoxy) is 1. The number of esters is 1. The van der Waals surface area contributed by atoms with Gasteiger partial charge in [-0.1, -0.05) is 13.0 Å². The van der Waals surface area contributed by atoms with Crippen LogP contribution in [0.3, 0.4) is 0 Å². The van der Waals surface area contributed by atoms with Crippen molar-refractivity contribution in [3.8, 4) is 0 Å². The van der Waals surface area contributed by atoms with Crippen molar-refractivity contribution in [2.24, 2.45) is 5.92 Å². The zero-order valence-corrected chi connectivity index (χ0v) is 11.7. The van der Waals surface area contributed by atoms with Crippen LogP contribution in [0, 0.1) is 5.92 Å². The highest BCUT2D eigenvalue weighted by Crippen LogP contribution is 2.15. The summed E-state index contributed by atoms with van der Waals surface area (Å²) in [4.78, 5) is 22.7. The molecule has 0 aromatic heterocycles. The Morgan fingerprint density at radius 2 is 2.00 bits per heavy atom. The monoisotopic (exact) mass is 255 g/mol. The van der Waals surface area contributed by atoms with Gasteiger partial charge in [0, 0.05) is 6.92 Å². The summed E-state index contributed by atoms with van der Waals surface area (Å²) in [5.41, 5.74) is 0. The summed E-state index contributed by atoms with van der Waals surface area (Å²) in [5.74, 6) is -0.0379. The maximum atomic E-state index is 11.7. The molecule has 1 N–H and O–H groups in total. The van der Waals surface area contributed by atoms with Gasteiger partial charge in [-0.25, -0.2) is 4.79 Å². The normalized spacial score (nSPS) is 13.5. The smallest absolute Gasteiger partial charge is 0.328 e. The zero-order valence-electron chi connectivity index (χ0n) is 11.7. The Bertz CT molecular complexity index is 276. The number of hydrogen-bond donors (Lipinski definition) is 1. The molecule has 0 bridgehead atoms. The Balaban J connectivity index is 4.18. The van der Waals surface area contributed by atoms with Crippen molar-refractivity contribution in [2.45, 2.75) is 52.5 Å². The van der Waals surface area contributed by atoms with Gasteiger partial charge in [-0.3, -0.25) is 4.79 Å². The lowest BCUT2D eigenvalue weighted by Gasteiger charge is -2.18. The van der Waals surface area contributed by atoms with Gasteiger partial charge in [0.1, 0.15) is 6.04 Å². The quantitative estimate of drug-likeness (QED) is 0.508. The van der Waals surface area contributed by atoms with E-state index in [0.717, 1.165) is 19.3 Å². The molecular formula is C14H25NO3. The maximum Gasteiger partial charge on any atom is 0.328 e. The van der Waals surface area contributed by atoms with E-state index < -0.39 is 6.04 Å². The Morgan fingerprint density at radius 1 is 1.33 bits per heavy atom. The van der Waals surface area contributed by atoms with Crippen molar-refractivity contribution >= 4 is 11.9 Å². The Hall–Kier alpha value is -1.32. The third-order valence-corrected chi connectivity index (χ3v) is 2.76. The number of amides is 1. The molecule has 0 saturated heterocycles. The van der Waals surface area contributed by atoms with Crippen LogP contribution in [-0.2, 0) is 14.3 Å². The minimum absolute atomic E-state index is 0.202. The Kier molecular flexibility index (Phi) is 8.97. The number of rotatable bonds is 9. The summed E-state index contributed by atoms with van der Waals surface area (Å²) in [6.07, 6.45) is 5.44. The molecule has 2 atom stereocenters. The molecule has 0 radical (unpaired) electrons. The van der Waals surface area contributed by atoms with Crippen LogP contribution in [-0.4, -0.2) is 24.5 Å². The third-order valence-electron chi connectivity index (χ3n) is 2.76. The van der Waals surface area contributed by atoms with Gasteiger partial charge in [0.25, 0.3) is 0 Å². The highest BCUT2D eigenvalue weighted by Gasteiger charge is 2.21. The topological polar surface area (TPSA) is 55.4 Å². The van der Waals surface area contributed by atoms with Crippen molar-refractivity contribution in [3.63, 3.8) is 0 Å². The summed E-state index contributed by atoms with van der Waals surface area (Å²) in [6.45, 7) is 9.33. The first-order chi connectivity index (χ1) is 8.51. The minimum atomic E-state index is -0.520. The van der Waals surface area contributed by atoms with Crippen LogP contribution in [0.25, 0.3) is 0 Å². The maximum absolute atomic E-state index is 11.7. The fraction of sp³-hybridized carbons (Fsp3) is 0.714. The molecule has 0 heterocycles. The lowest BCUT2D eigenvalue weighted by atomic mass is 9.97. The van der Waals surface area contributed by atoms with Crippen molar-refractivity contribution in [1.82, 2.24) is 5.32 Å². The Labute approximate surface area is 110 Å². The Morgan fingerprint density at radius 3 is 2.50 bits per heavy atom. The average Bonchev–Trinajstić information content (AvgIpc) is 2.31. The van der Waals surface area contributed by atoms with Gasteiger partial charge in [0.2, 0.25) is 5.91 Å². The van der Waals surface area contributed by atoms with Gasteiger partial charge in [-0.2, -0.15) is 0 Å². The van der Waals surface area contributed by atoms with Crippen LogP contribution in [0.15, 0.2) is 12.7 Å². The molecule has 18 heavy (non-hydrogen) atoms. The fourth-order valence-electron chi connectivity index (χ4n) is 1.74. The van der Waals surface area contributed by atoms with E-state index in [4.69, 9.17) is 4.74 Å². The molecule has 104 valence electrons. The number of nitrogens with one attached hydrogen (secondary N) is 1. The molecule has 0 aliphatic carbocycles. The second kappa shape index (κ2) is 9.68. The van der Waals surface area contributed by atoms with Gasteiger partial charge >= 0.3 is 5.97 Å². The van der Waals surface area contributed by atoms with Crippen molar-refractivity contribution in [3.05, 3.63) is 12.7 Å². The predicted octanol–water partition coefficient (Wildman–Crippen LogP) is 2.44. The van der Waals surface area contributed by atoms with E-state index in [0.29, 0.717) is 18.9 Å². The summed E-state index contributed by atoms with van der Waals surface area (Å²) in [5, 5.41) is 2.64. The third kappa shape index (κ3) is 7.87. The van der Waals surface area contributed by atoms with Gasteiger partial charge in [-0.05, 0) is 38.5 Å². The standard InChI is InChI=1S/C14H25NO3/c1-5-7-8-11(3)9-10-13(15-12(4)16)14(17)18-6-2/h5,11,13H,1,6-10H2,2-4H3,(H,15,16)/t11-,13?/m1/s1. The highest BCUT2D eigenvalue weighted by molar-refractivity contribution is 5.83. The first kappa shape index (κ1) is 16.7. The summed E-state index contributed by atoms with van der Waals surface area (Å²) in [6, 6.07) is -0.520. The first-order valence-electron chi connectivity index (χ1n) is 6.55. The summed E-state index contributed by atoms with van der Waals surface area (Å²) < 4.78 is 4.95. The molecule has 0 aromatic rings. The van der Waals surface area contributed by atoms with E-state index in [1.807, 2.05) is 6.08 Å². The van der Waals surface area contributed by atoms with E-state index in [1.165, 1.54) is 6.92 Å². The molecule has 0 spiro atoms. The van der Waals surface area contributed by atoms with Gasteiger partial charge in [-0.15, -0.1) is 6.58 Å². The lowest BCUT2D eigenvalue weighted by molar-refractivity contribution is -0.147.